The summed E-state index contributed by atoms with van der Waals surface area (Å²) in [6.07, 6.45) is -4.69. The Hall–Kier alpha value is -3.87. The fourth-order valence-corrected chi connectivity index (χ4v) is 3.37. The lowest BCUT2D eigenvalue weighted by Gasteiger charge is -2.10. The molecule has 3 aromatic carbocycles. The van der Waals surface area contributed by atoms with Gasteiger partial charge in [-0.2, -0.15) is 18.2 Å². The van der Waals surface area contributed by atoms with Gasteiger partial charge in [-0.15, -0.1) is 0 Å². The molecule has 5 rings (SSSR count). The van der Waals surface area contributed by atoms with Gasteiger partial charge in [0, 0.05) is 5.56 Å². The van der Waals surface area contributed by atoms with Crippen molar-refractivity contribution in [3.8, 4) is 28.2 Å². The highest BCUT2D eigenvalue weighted by Crippen LogP contribution is 2.35. The summed E-state index contributed by atoms with van der Waals surface area (Å²) in [4.78, 5) is 7.93. The number of halogens is 3. The zero-order valence-electron chi connectivity index (χ0n) is 15.5. The van der Waals surface area contributed by atoms with Crippen LogP contribution in [0, 0.1) is 0 Å². The average molecular weight is 405 g/mol. The Morgan fingerprint density at radius 3 is 2.00 bits per heavy atom. The van der Waals surface area contributed by atoms with Gasteiger partial charge in [-0.05, 0) is 23.3 Å². The van der Waals surface area contributed by atoms with E-state index < -0.39 is 12.1 Å². The number of oxazole rings is 1. The van der Waals surface area contributed by atoms with Gasteiger partial charge < -0.3 is 4.42 Å². The van der Waals surface area contributed by atoms with E-state index in [9.17, 15) is 13.2 Å². The normalized spacial score (nSPS) is 11.8. The van der Waals surface area contributed by atoms with Crippen molar-refractivity contribution >= 4 is 11.4 Å². The molecule has 5 aromatic rings. The Balaban J connectivity index is 1.75. The summed E-state index contributed by atoms with van der Waals surface area (Å²) in [6.45, 7) is 0. The predicted molar refractivity (Wildman–Crippen MR) is 107 cm³/mol. The third-order valence-electron chi connectivity index (χ3n) is 4.70. The summed E-state index contributed by atoms with van der Waals surface area (Å²) >= 11 is 0. The Morgan fingerprint density at radius 2 is 1.33 bits per heavy atom. The van der Waals surface area contributed by atoms with Gasteiger partial charge in [0.05, 0.1) is 5.69 Å². The molecular formula is C23H14F3N3O. The lowest BCUT2D eigenvalue weighted by molar-refractivity contribution is -0.156. The number of alkyl halides is 3. The van der Waals surface area contributed by atoms with Crippen LogP contribution in [-0.2, 0) is 6.18 Å². The highest BCUT2D eigenvalue weighted by Gasteiger charge is 2.39. The van der Waals surface area contributed by atoms with Gasteiger partial charge in [0.25, 0.3) is 5.71 Å². The van der Waals surface area contributed by atoms with Gasteiger partial charge in [-0.1, -0.05) is 72.8 Å². The molecule has 148 valence electrons. The summed E-state index contributed by atoms with van der Waals surface area (Å²) in [7, 11) is 0. The first kappa shape index (κ1) is 18.2. The van der Waals surface area contributed by atoms with Crippen molar-refractivity contribution in [3.63, 3.8) is 0 Å². The zero-order chi connectivity index (χ0) is 20.7. The van der Waals surface area contributed by atoms with E-state index in [0.717, 1.165) is 16.7 Å². The number of benzene rings is 3. The molecule has 0 aliphatic rings. The van der Waals surface area contributed by atoms with Crippen LogP contribution in [0.25, 0.3) is 39.6 Å². The molecule has 0 N–H and O–H groups in total. The maximum Gasteiger partial charge on any atom is 0.469 e. The van der Waals surface area contributed by atoms with E-state index in [-0.39, 0.29) is 11.4 Å². The van der Waals surface area contributed by atoms with Crippen molar-refractivity contribution in [1.29, 1.82) is 0 Å². The summed E-state index contributed by atoms with van der Waals surface area (Å²) in [6, 6.07) is 26.4. The number of hydrogen-bond acceptors (Lipinski definition) is 3. The maximum atomic E-state index is 13.2. The molecule has 4 nitrogen and oxygen atoms in total. The molecule has 0 saturated carbocycles. The zero-order valence-corrected chi connectivity index (χ0v) is 15.5. The van der Waals surface area contributed by atoms with Gasteiger partial charge in [0.2, 0.25) is 5.65 Å². The SMILES string of the molecule is FC(F)(F)c1nc2nc(-c3ccccc3)n(-c3cccc(-c4ccccc4)c3)c2o1. The highest BCUT2D eigenvalue weighted by molar-refractivity contribution is 5.77. The smallest absolute Gasteiger partial charge is 0.413 e. The van der Waals surface area contributed by atoms with E-state index in [1.165, 1.54) is 0 Å². The molecule has 0 fully saturated rings. The van der Waals surface area contributed by atoms with E-state index in [1.807, 2.05) is 78.9 Å². The average Bonchev–Trinajstić information content (AvgIpc) is 3.33. The quantitative estimate of drug-likeness (QED) is 0.350. The van der Waals surface area contributed by atoms with Gasteiger partial charge in [0.1, 0.15) is 5.82 Å². The topological polar surface area (TPSA) is 43.9 Å². The van der Waals surface area contributed by atoms with Crippen LogP contribution in [0.3, 0.4) is 0 Å². The van der Waals surface area contributed by atoms with Crippen molar-refractivity contribution in [1.82, 2.24) is 14.5 Å². The molecule has 0 radical (unpaired) electrons. The van der Waals surface area contributed by atoms with Gasteiger partial charge in [-0.3, -0.25) is 4.57 Å². The highest BCUT2D eigenvalue weighted by atomic mass is 19.4. The Morgan fingerprint density at radius 1 is 0.700 bits per heavy atom. The van der Waals surface area contributed by atoms with Crippen LogP contribution in [0.4, 0.5) is 13.2 Å². The van der Waals surface area contributed by atoms with E-state index >= 15 is 0 Å². The molecule has 7 heteroatoms. The standard InChI is InChI=1S/C23H14F3N3O/c24-23(25,26)22-28-19-21(30-22)29(20(27-19)16-10-5-2-6-11-16)18-13-7-12-17(14-18)15-8-3-1-4-9-15/h1-14H. The van der Waals surface area contributed by atoms with Crippen LogP contribution >= 0.6 is 0 Å². The first-order valence-electron chi connectivity index (χ1n) is 9.18. The summed E-state index contributed by atoms with van der Waals surface area (Å²) in [5.41, 5.74) is 3.14. The maximum absolute atomic E-state index is 13.2. The predicted octanol–water partition coefficient (Wildman–Crippen LogP) is 6.37. The third kappa shape index (κ3) is 3.14. The Bertz CT molecular complexity index is 1320. The van der Waals surface area contributed by atoms with Crippen LogP contribution in [0.15, 0.2) is 89.3 Å². The fraction of sp³-hybridized carbons (Fsp3) is 0.0435. The molecule has 0 unspecified atom stereocenters. The van der Waals surface area contributed by atoms with Crippen LogP contribution in [-0.4, -0.2) is 14.5 Å². The van der Waals surface area contributed by atoms with Crippen molar-refractivity contribution in [2.45, 2.75) is 6.18 Å². The number of imidazole rings is 1. The number of hydrogen-bond donors (Lipinski definition) is 0. The molecule has 30 heavy (non-hydrogen) atoms. The van der Waals surface area contributed by atoms with Gasteiger partial charge >= 0.3 is 12.1 Å². The van der Waals surface area contributed by atoms with Crippen LogP contribution in [0.5, 0.6) is 0 Å². The van der Waals surface area contributed by atoms with E-state index in [4.69, 9.17) is 4.42 Å². The Labute approximate surface area is 169 Å². The van der Waals surface area contributed by atoms with Crippen LogP contribution in [0.2, 0.25) is 0 Å². The molecule has 0 atom stereocenters. The lowest BCUT2D eigenvalue weighted by atomic mass is 10.1. The van der Waals surface area contributed by atoms with Gasteiger partial charge in [0.15, 0.2) is 0 Å². The number of rotatable bonds is 3. The van der Waals surface area contributed by atoms with E-state index in [0.29, 0.717) is 11.5 Å². The number of fused-ring (bicyclic) bond motifs is 1. The van der Waals surface area contributed by atoms with Crippen molar-refractivity contribution in [2.24, 2.45) is 0 Å². The Kier molecular flexibility index (Phi) is 4.17. The molecule has 2 heterocycles. The third-order valence-corrected chi connectivity index (χ3v) is 4.70. The first-order chi connectivity index (χ1) is 14.5. The van der Waals surface area contributed by atoms with Crippen molar-refractivity contribution in [2.75, 3.05) is 0 Å². The van der Waals surface area contributed by atoms with Gasteiger partial charge in [-0.25, -0.2) is 4.98 Å². The summed E-state index contributed by atoms with van der Waals surface area (Å²) in [5, 5.41) is 0. The number of aromatic nitrogens is 3. The van der Waals surface area contributed by atoms with Crippen LogP contribution in [0.1, 0.15) is 5.89 Å². The minimum absolute atomic E-state index is 0.0496. The summed E-state index contributed by atoms with van der Waals surface area (Å²) < 4.78 is 46.2. The lowest BCUT2D eigenvalue weighted by Crippen LogP contribution is -2.05. The number of nitrogens with zero attached hydrogens (tertiary/aromatic N) is 3. The second kappa shape index (κ2) is 6.88. The largest absolute Gasteiger partial charge is 0.469 e. The van der Waals surface area contributed by atoms with E-state index in [2.05, 4.69) is 9.97 Å². The molecular weight excluding hydrogens is 391 g/mol. The molecule has 2 aromatic heterocycles. The minimum atomic E-state index is -4.69. The minimum Gasteiger partial charge on any atom is -0.413 e. The molecule has 0 aliphatic carbocycles. The molecule has 0 saturated heterocycles. The second-order valence-corrected chi connectivity index (χ2v) is 6.70. The molecule has 0 spiro atoms. The summed E-state index contributed by atoms with van der Waals surface area (Å²) in [5.74, 6) is -0.858. The molecule has 0 amide bonds. The van der Waals surface area contributed by atoms with Crippen LogP contribution < -0.4 is 0 Å². The molecule has 0 aliphatic heterocycles. The van der Waals surface area contributed by atoms with Crippen molar-refractivity contribution < 1.29 is 17.6 Å². The van der Waals surface area contributed by atoms with E-state index in [1.54, 1.807) is 10.6 Å². The molecule has 0 bridgehead atoms. The fourth-order valence-electron chi connectivity index (χ4n) is 3.37. The van der Waals surface area contributed by atoms with Crippen molar-refractivity contribution in [3.05, 3.63) is 90.8 Å². The second-order valence-electron chi connectivity index (χ2n) is 6.70. The monoisotopic (exact) mass is 405 g/mol. The first-order valence-corrected chi connectivity index (χ1v) is 9.18.